The Morgan fingerprint density at radius 1 is 1.45 bits per heavy atom. The van der Waals surface area contributed by atoms with E-state index < -0.39 is 11.5 Å². The van der Waals surface area contributed by atoms with E-state index in [1.807, 2.05) is 0 Å². The Labute approximate surface area is 118 Å². The lowest BCUT2D eigenvalue weighted by atomic mass is 10.0. The van der Waals surface area contributed by atoms with E-state index >= 15 is 0 Å². The first-order chi connectivity index (χ1) is 9.26. The summed E-state index contributed by atoms with van der Waals surface area (Å²) >= 11 is -0.328. The summed E-state index contributed by atoms with van der Waals surface area (Å²) in [4.78, 5) is 11.3. The third-order valence-electron chi connectivity index (χ3n) is 2.41. The maximum atomic E-state index is 12.5. The molecule has 0 unspecified atom stereocenters. The van der Waals surface area contributed by atoms with Crippen LogP contribution in [0.25, 0.3) is 0 Å². The van der Waals surface area contributed by atoms with Gasteiger partial charge in [-0.25, -0.2) is 0 Å². The highest BCUT2D eigenvalue weighted by atomic mass is 32.2. The molecular weight excluding hydrogens is 291 g/mol. The molecule has 0 aromatic heterocycles. The van der Waals surface area contributed by atoms with Gasteiger partial charge in [-0.05, 0) is 48.9 Å². The topological polar surface area (TPSA) is 50.1 Å². The smallest absolute Gasteiger partial charge is 0.446 e. The molecule has 0 fully saturated rings. The molecule has 20 heavy (non-hydrogen) atoms. The molecule has 0 N–H and O–H groups in total. The first-order valence-electron chi connectivity index (χ1n) is 5.71. The zero-order valence-corrected chi connectivity index (χ0v) is 11.7. The number of thioether (sulfide) groups is 1. The zero-order valence-electron chi connectivity index (χ0n) is 10.9. The second-order valence-electron chi connectivity index (χ2n) is 3.91. The molecule has 0 aliphatic heterocycles. The number of esters is 1. The number of alkyl halides is 3. The monoisotopic (exact) mass is 303 g/mol. The van der Waals surface area contributed by atoms with Gasteiger partial charge in [0, 0.05) is 4.90 Å². The van der Waals surface area contributed by atoms with Gasteiger partial charge < -0.3 is 4.74 Å². The number of aryl methyl sites for hydroxylation is 1. The standard InChI is InChI=1S/C13H12F3NO2S/c1-3-19-12(18)6-10-8(2)4-9(7-17)5-11(10)20-13(14,15)16/h4-5H,3,6H2,1-2H3. The number of nitriles is 1. The molecule has 0 atom stereocenters. The van der Waals surface area contributed by atoms with Gasteiger partial charge in [0.2, 0.25) is 0 Å². The van der Waals surface area contributed by atoms with Gasteiger partial charge >= 0.3 is 11.5 Å². The van der Waals surface area contributed by atoms with Crippen molar-refractivity contribution >= 4 is 17.7 Å². The predicted octanol–water partition coefficient (Wildman–Crippen LogP) is 3.58. The summed E-state index contributed by atoms with van der Waals surface area (Å²) < 4.78 is 42.4. The van der Waals surface area contributed by atoms with Crippen LogP contribution in [0, 0.1) is 18.3 Å². The summed E-state index contributed by atoms with van der Waals surface area (Å²) in [6, 6.07) is 4.39. The number of ether oxygens (including phenoxy) is 1. The average Bonchev–Trinajstić information content (AvgIpc) is 2.31. The highest BCUT2D eigenvalue weighted by Gasteiger charge is 2.31. The van der Waals surface area contributed by atoms with Gasteiger partial charge in [-0.2, -0.15) is 18.4 Å². The van der Waals surface area contributed by atoms with Crippen LogP contribution in [0.3, 0.4) is 0 Å². The number of carbonyl (C=O) groups excluding carboxylic acids is 1. The molecule has 7 heteroatoms. The SMILES string of the molecule is CCOC(=O)Cc1c(C)cc(C#N)cc1SC(F)(F)F. The molecule has 3 nitrogen and oxygen atoms in total. The van der Waals surface area contributed by atoms with Crippen molar-refractivity contribution < 1.29 is 22.7 Å². The highest BCUT2D eigenvalue weighted by molar-refractivity contribution is 8.00. The maximum absolute atomic E-state index is 12.5. The van der Waals surface area contributed by atoms with E-state index in [9.17, 15) is 18.0 Å². The van der Waals surface area contributed by atoms with Crippen LogP contribution in [-0.4, -0.2) is 18.1 Å². The lowest BCUT2D eigenvalue weighted by Gasteiger charge is -2.14. The van der Waals surface area contributed by atoms with E-state index in [0.717, 1.165) is 6.07 Å². The normalized spacial score (nSPS) is 11.0. The molecule has 0 aliphatic carbocycles. The molecule has 0 saturated carbocycles. The molecule has 0 aliphatic rings. The molecule has 0 amide bonds. The number of nitrogens with zero attached hydrogens (tertiary/aromatic N) is 1. The summed E-state index contributed by atoms with van der Waals surface area (Å²) in [5.74, 6) is -0.593. The first kappa shape index (κ1) is 16.4. The van der Waals surface area contributed by atoms with Crippen molar-refractivity contribution in [2.24, 2.45) is 0 Å². The van der Waals surface area contributed by atoms with Crippen LogP contribution in [0.1, 0.15) is 23.6 Å². The number of benzene rings is 1. The van der Waals surface area contributed by atoms with Gasteiger partial charge in [0.1, 0.15) is 0 Å². The lowest BCUT2D eigenvalue weighted by Crippen LogP contribution is -2.11. The van der Waals surface area contributed by atoms with Crippen LogP contribution in [0.5, 0.6) is 0 Å². The summed E-state index contributed by atoms with van der Waals surface area (Å²) in [6.07, 6.45) is -0.246. The third-order valence-corrected chi connectivity index (χ3v) is 3.23. The molecule has 108 valence electrons. The number of halogens is 3. The van der Waals surface area contributed by atoms with Gasteiger partial charge in [0.05, 0.1) is 24.7 Å². The minimum Gasteiger partial charge on any atom is -0.466 e. The Morgan fingerprint density at radius 2 is 2.10 bits per heavy atom. The van der Waals surface area contributed by atoms with Crippen molar-refractivity contribution in [2.75, 3.05) is 6.61 Å². The Morgan fingerprint density at radius 3 is 2.60 bits per heavy atom. The van der Waals surface area contributed by atoms with Gasteiger partial charge in [-0.3, -0.25) is 4.79 Å². The fourth-order valence-electron chi connectivity index (χ4n) is 1.65. The summed E-state index contributed by atoms with van der Waals surface area (Å²) in [5.41, 5.74) is -3.65. The van der Waals surface area contributed by atoms with Crippen molar-refractivity contribution in [1.82, 2.24) is 0 Å². The molecule has 1 rings (SSSR count). The van der Waals surface area contributed by atoms with Crippen LogP contribution in [0.15, 0.2) is 17.0 Å². The number of carbonyl (C=O) groups is 1. The van der Waals surface area contributed by atoms with E-state index in [0.29, 0.717) is 5.56 Å². The van der Waals surface area contributed by atoms with Crippen molar-refractivity contribution in [3.63, 3.8) is 0 Å². The van der Waals surface area contributed by atoms with Crippen molar-refractivity contribution in [3.8, 4) is 6.07 Å². The van der Waals surface area contributed by atoms with Gasteiger partial charge in [-0.15, -0.1) is 0 Å². The first-order valence-corrected chi connectivity index (χ1v) is 6.53. The van der Waals surface area contributed by atoms with E-state index in [4.69, 9.17) is 10.00 Å². The second kappa shape index (κ2) is 6.66. The quantitative estimate of drug-likeness (QED) is 0.630. The minimum atomic E-state index is -4.48. The largest absolute Gasteiger partial charge is 0.466 e. The molecule has 0 spiro atoms. The molecule has 0 saturated heterocycles. The molecule has 0 radical (unpaired) electrons. The lowest BCUT2D eigenvalue weighted by molar-refractivity contribution is -0.142. The number of rotatable bonds is 4. The number of hydrogen-bond donors (Lipinski definition) is 0. The average molecular weight is 303 g/mol. The Bertz CT molecular complexity index is 550. The van der Waals surface area contributed by atoms with Crippen molar-refractivity contribution in [1.29, 1.82) is 5.26 Å². The summed E-state index contributed by atoms with van der Waals surface area (Å²) in [6.45, 7) is 3.35. The van der Waals surface area contributed by atoms with E-state index in [2.05, 4.69) is 0 Å². The van der Waals surface area contributed by atoms with Gasteiger partial charge in [-0.1, -0.05) is 0 Å². The Kier molecular flexibility index (Phi) is 5.45. The van der Waals surface area contributed by atoms with Crippen LogP contribution < -0.4 is 0 Å². The van der Waals surface area contributed by atoms with Crippen molar-refractivity contribution in [3.05, 3.63) is 28.8 Å². The van der Waals surface area contributed by atoms with Crippen molar-refractivity contribution in [2.45, 2.75) is 30.7 Å². The highest BCUT2D eigenvalue weighted by Crippen LogP contribution is 2.40. The zero-order chi connectivity index (χ0) is 15.3. The number of hydrogen-bond acceptors (Lipinski definition) is 4. The third kappa shape index (κ3) is 4.78. The van der Waals surface area contributed by atoms with E-state index in [-0.39, 0.29) is 40.8 Å². The maximum Gasteiger partial charge on any atom is 0.446 e. The van der Waals surface area contributed by atoms with Crippen LogP contribution in [0.2, 0.25) is 0 Å². The molecule has 1 aromatic carbocycles. The fraction of sp³-hybridized carbons (Fsp3) is 0.385. The fourth-order valence-corrected chi connectivity index (χ4v) is 2.44. The van der Waals surface area contributed by atoms with Crippen LogP contribution in [-0.2, 0) is 16.0 Å². The summed E-state index contributed by atoms with van der Waals surface area (Å²) in [5, 5.41) is 8.81. The van der Waals surface area contributed by atoms with Gasteiger partial charge in [0.15, 0.2) is 0 Å². The molecule has 0 heterocycles. The molecule has 0 bridgehead atoms. The Hall–Kier alpha value is -1.68. The predicted molar refractivity (Wildman–Crippen MR) is 68.1 cm³/mol. The van der Waals surface area contributed by atoms with Crippen LogP contribution >= 0.6 is 11.8 Å². The summed E-state index contributed by atoms with van der Waals surface area (Å²) in [7, 11) is 0. The second-order valence-corrected chi connectivity index (χ2v) is 5.02. The van der Waals surface area contributed by atoms with E-state index in [1.54, 1.807) is 19.9 Å². The molecular formula is C13H12F3NO2S. The molecule has 1 aromatic rings. The minimum absolute atomic E-state index is 0.127. The van der Waals surface area contributed by atoms with E-state index in [1.165, 1.54) is 6.07 Å². The Balaban J connectivity index is 3.19. The van der Waals surface area contributed by atoms with Gasteiger partial charge in [0.25, 0.3) is 0 Å². The van der Waals surface area contributed by atoms with Crippen LogP contribution in [0.4, 0.5) is 13.2 Å².